The number of hydrogen-bond donors (Lipinski definition) is 1. The fraction of sp³-hybridized carbons (Fsp3) is 0.525. The van der Waals surface area contributed by atoms with E-state index in [1.54, 1.807) is 6.20 Å². The van der Waals surface area contributed by atoms with Crippen molar-refractivity contribution in [3.8, 4) is 11.8 Å². The fourth-order valence-corrected chi connectivity index (χ4v) is 8.74. The highest BCUT2D eigenvalue weighted by Crippen LogP contribution is 2.55. The Morgan fingerprint density at radius 3 is 2.08 bits per heavy atom. The molecule has 2 aliphatic heterocycles. The SMILES string of the molecule is COC(=O)c1cnc(N2CCN(CC3CCN(c4ccc(C(=O)N[C@H]5C(C)(C)[C@H](Oc6cc(C)c(C#N)c(C)c6)C5(C)C)cc4)CC3)CC2)cn1. The molecule has 6 rings (SSSR count). The van der Waals surface area contributed by atoms with Crippen molar-refractivity contribution in [2.45, 2.75) is 66.5 Å². The van der Waals surface area contributed by atoms with Crippen LogP contribution in [0.4, 0.5) is 11.5 Å². The van der Waals surface area contributed by atoms with Gasteiger partial charge in [0.2, 0.25) is 0 Å². The molecule has 0 bridgehead atoms. The Kier molecular flexibility index (Phi) is 10.3. The van der Waals surface area contributed by atoms with E-state index in [4.69, 9.17) is 9.47 Å². The topological polar surface area (TPSA) is 124 Å². The minimum absolute atomic E-state index is 0.0692. The van der Waals surface area contributed by atoms with Gasteiger partial charge in [0.05, 0.1) is 31.1 Å². The Labute approximate surface area is 301 Å². The second-order valence-electron chi connectivity index (χ2n) is 15.6. The predicted molar refractivity (Wildman–Crippen MR) is 197 cm³/mol. The van der Waals surface area contributed by atoms with Gasteiger partial charge in [-0.1, -0.05) is 27.7 Å². The predicted octanol–water partition coefficient (Wildman–Crippen LogP) is 5.40. The number of hydrogen-bond acceptors (Lipinski definition) is 10. The smallest absolute Gasteiger partial charge is 0.358 e. The van der Waals surface area contributed by atoms with Crippen molar-refractivity contribution in [3.05, 3.63) is 76.7 Å². The maximum atomic E-state index is 13.5. The highest BCUT2D eigenvalue weighted by molar-refractivity contribution is 5.95. The van der Waals surface area contributed by atoms with Crippen LogP contribution in [0.25, 0.3) is 0 Å². The molecule has 11 nitrogen and oxygen atoms in total. The van der Waals surface area contributed by atoms with Gasteiger partial charge >= 0.3 is 5.97 Å². The number of anilines is 2. The molecule has 0 atom stereocenters. The van der Waals surface area contributed by atoms with E-state index in [0.29, 0.717) is 17.0 Å². The Hall–Kier alpha value is -4.69. The number of aromatic nitrogens is 2. The lowest BCUT2D eigenvalue weighted by Gasteiger charge is -2.63. The van der Waals surface area contributed by atoms with E-state index < -0.39 is 5.97 Å². The lowest BCUT2D eigenvalue weighted by molar-refractivity contribution is -0.164. The Balaban J connectivity index is 0.960. The van der Waals surface area contributed by atoms with Gasteiger partial charge in [-0.15, -0.1) is 0 Å². The lowest BCUT2D eigenvalue weighted by atomic mass is 9.49. The fourth-order valence-electron chi connectivity index (χ4n) is 8.74. The van der Waals surface area contributed by atoms with Crippen LogP contribution in [0.1, 0.15) is 78.1 Å². The highest BCUT2D eigenvalue weighted by Gasteiger charge is 2.64. The molecule has 2 aromatic carbocycles. The molecule has 3 aromatic rings. The average molecular weight is 694 g/mol. The second-order valence-corrected chi connectivity index (χ2v) is 15.6. The number of piperidine rings is 1. The third-order valence-corrected chi connectivity index (χ3v) is 11.3. The minimum Gasteiger partial charge on any atom is -0.489 e. The van der Waals surface area contributed by atoms with Crippen LogP contribution < -0.4 is 19.9 Å². The zero-order valence-corrected chi connectivity index (χ0v) is 31.0. The summed E-state index contributed by atoms with van der Waals surface area (Å²) in [6.07, 6.45) is 5.30. The number of ether oxygens (including phenoxy) is 2. The van der Waals surface area contributed by atoms with Crippen molar-refractivity contribution in [2.75, 3.05) is 62.7 Å². The third-order valence-electron chi connectivity index (χ3n) is 11.3. The molecule has 270 valence electrons. The standard InChI is InChI=1S/C40H51N7O4/c1-26-20-31(21-27(2)32(26)22-41)51-38-39(3,4)37(40(38,5)6)44-35(48)29-8-10-30(11-9-29)46-14-12-28(13-15-46)25-45-16-18-47(19-17-45)34-24-42-33(23-43-34)36(49)50-7/h8-11,20-21,23-24,28,37-38H,12-19,25H2,1-7H3,(H,44,48)/t37-,38-. The number of piperazine rings is 1. The van der Waals surface area contributed by atoms with Crippen LogP contribution in [0.2, 0.25) is 0 Å². The van der Waals surface area contributed by atoms with Crippen LogP contribution in [-0.2, 0) is 4.74 Å². The summed E-state index contributed by atoms with van der Waals surface area (Å²) in [5.74, 6) is 1.66. The van der Waals surface area contributed by atoms with Gasteiger partial charge in [0.25, 0.3) is 5.91 Å². The molecule has 3 aliphatic rings. The van der Waals surface area contributed by atoms with Crippen LogP contribution in [0, 0.1) is 41.9 Å². The zero-order valence-electron chi connectivity index (χ0n) is 31.0. The van der Waals surface area contributed by atoms with Crippen LogP contribution in [-0.4, -0.2) is 91.8 Å². The molecule has 3 heterocycles. The van der Waals surface area contributed by atoms with Crippen molar-refractivity contribution in [1.82, 2.24) is 20.2 Å². The van der Waals surface area contributed by atoms with E-state index in [2.05, 4.69) is 75.9 Å². The molecule has 3 fully saturated rings. The van der Waals surface area contributed by atoms with Gasteiger partial charge in [-0.25, -0.2) is 14.8 Å². The number of aryl methyl sites for hydroxylation is 2. The van der Waals surface area contributed by atoms with Gasteiger partial charge in [-0.05, 0) is 80.1 Å². The summed E-state index contributed by atoms with van der Waals surface area (Å²) in [7, 11) is 1.34. The quantitative estimate of drug-likeness (QED) is 0.292. The lowest BCUT2D eigenvalue weighted by Crippen LogP contribution is -2.74. The molecule has 1 aromatic heterocycles. The molecule has 0 radical (unpaired) electrons. The van der Waals surface area contributed by atoms with Crippen molar-refractivity contribution in [2.24, 2.45) is 16.7 Å². The number of nitrogens with one attached hydrogen (secondary N) is 1. The van der Waals surface area contributed by atoms with E-state index in [1.165, 1.54) is 13.3 Å². The number of nitrogens with zero attached hydrogens (tertiary/aromatic N) is 6. The first-order valence-electron chi connectivity index (χ1n) is 18.0. The Morgan fingerprint density at radius 2 is 1.53 bits per heavy atom. The number of amides is 1. The summed E-state index contributed by atoms with van der Waals surface area (Å²) in [5.41, 5.74) is 3.96. The highest BCUT2D eigenvalue weighted by atomic mass is 16.5. The molecule has 51 heavy (non-hydrogen) atoms. The molecule has 1 aliphatic carbocycles. The zero-order chi connectivity index (χ0) is 36.5. The van der Waals surface area contributed by atoms with Gasteiger partial charge < -0.3 is 24.6 Å². The van der Waals surface area contributed by atoms with Crippen molar-refractivity contribution >= 4 is 23.4 Å². The van der Waals surface area contributed by atoms with Gasteiger partial charge in [0.15, 0.2) is 5.69 Å². The van der Waals surface area contributed by atoms with Crippen LogP contribution >= 0.6 is 0 Å². The normalized spacial score (nSPS) is 21.7. The molecule has 1 amide bonds. The molecule has 0 unspecified atom stereocenters. The second kappa shape index (κ2) is 14.5. The third kappa shape index (κ3) is 7.38. The molecule has 11 heteroatoms. The summed E-state index contributed by atoms with van der Waals surface area (Å²) >= 11 is 0. The molecule has 2 saturated heterocycles. The van der Waals surface area contributed by atoms with Crippen LogP contribution in [0.15, 0.2) is 48.8 Å². The maximum Gasteiger partial charge on any atom is 0.358 e. The summed E-state index contributed by atoms with van der Waals surface area (Å²) < 4.78 is 11.3. The van der Waals surface area contributed by atoms with E-state index in [-0.39, 0.29) is 34.6 Å². The molecular formula is C40H51N7O4. The van der Waals surface area contributed by atoms with Crippen LogP contribution in [0.3, 0.4) is 0 Å². The number of rotatable bonds is 9. The van der Waals surface area contributed by atoms with E-state index in [9.17, 15) is 14.9 Å². The number of methoxy groups -OCH3 is 1. The monoisotopic (exact) mass is 693 g/mol. The molecular weight excluding hydrogens is 642 g/mol. The summed E-state index contributed by atoms with van der Waals surface area (Å²) in [6, 6.07) is 14.1. The minimum atomic E-state index is -0.476. The number of carbonyl (C=O) groups is 2. The van der Waals surface area contributed by atoms with E-state index >= 15 is 0 Å². The van der Waals surface area contributed by atoms with Gasteiger partial charge in [0.1, 0.15) is 17.7 Å². The Morgan fingerprint density at radius 1 is 0.902 bits per heavy atom. The molecule has 1 saturated carbocycles. The molecule has 0 spiro atoms. The summed E-state index contributed by atoms with van der Waals surface area (Å²) in [6.45, 7) is 19.3. The first-order valence-corrected chi connectivity index (χ1v) is 18.0. The Bertz CT molecular complexity index is 1730. The van der Waals surface area contributed by atoms with Gasteiger partial charge in [-0.2, -0.15) is 5.26 Å². The number of carbonyl (C=O) groups excluding carboxylic acids is 2. The largest absolute Gasteiger partial charge is 0.489 e. The van der Waals surface area contributed by atoms with E-state index in [1.807, 2.05) is 38.1 Å². The first-order chi connectivity index (χ1) is 24.3. The van der Waals surface area contributed by atoms with Crippen LogP contribution in [0.5, 0.6) is 5.75 Å². The first kappa shape index (κ1) is 36.1. The van der Waals surface area contributed by atoms with E-state index in [0.717, 1.165) is 87.0 Å². The number of benzene rings is 2. The van der Waals surface area contributed by atoms with Gasteiger partial charge in [0, 0.05) is 73.9 Å². The van der Waals surface area contributed by atoms with Crippen molar-refractivity contribution in [3.63, 3.8) is 0 Å². The van der Waals surface area contributed by atoms with Crippen molar-refractivity contribution in [1.29, 1.82) is 5.26 Å². The van der Waals surface area contributed by atoms with Gasteiger partial charge in [-0.3, -0.25) is 9.69 Å². The molecule has 1 N–H and O–H groups in total. The average Bonchev–Trinajstić information content (AvgIpc) is 3.13. The summed E-state index contributed by atoms with van der Waals surface area (Å²) in [5, 5.41) is 12.8. The van der Waals surface area contributed by atoms with Crippen molar-refractivity contribution < 1.29 is 19.1 Å². The number of nitriles is 1. The maximum absolute atomic E-state index is 13.5. The number of esters is 1. The summed E-state index contributed by atoms with van der Waals surface area (Å²) in [4.78, 5) is 41.0.